The second-order valence-electron chi connectivity index (χ2n) is 6.83. The lowest BCUT2D eigenvalue weighted by Gasteiger charge is -2.50. The number of aryl methyl sites for hydroxylation is 1. The average Bonchev–Trinajstić information content (AvgIpc) is 3.14. The molecule has 2 aliphatic rings. The fourth-order valence-electron chi connectivity index (χ4n) is 3.59. The highest BCUT2D eigenvalue weighted by atomic mass is 32.3. The van der Waals surface area contributed by atoms with E-state index in [1.807, 2.05) is 6.92 Å². The van der Waals surface area contributed by atoms with Crippen LogP contribution in [0.15, 0.2) is 45.9 Å². The molecule has 0 saturated carbocycles. The summed E-state index contributed by atoms with van der Waals surface area (Å²) in [4.78, 5) is 27.4. The average molecular weight is 482 g/mol. The zero-order valence-corrected chi connectivity index (χ0v) is 19.7. The van der Waals surface area contributed by atoms with Gasteiger partial charge in [0.05, 0.1) is 5.70 Å². The molecular weight excluding hydrogens is 462 g/mol. The van der Waals surface area contributed by atoms with Gasteiger partial charge in [0.1, 0.15) is 14.8 Å². The number of β-lactam (4-membered cyclic amide) rings is 1. The molecule has 1 amide bonds. The number of allylic oxidation sites excluding steroid dienone is 1. The number of nitrogens with zero attached hydrogens (tertiary/aromatic N) is 3. The van der Waals surface area contributed by atoms with E-state index in [1.165, 1.54) is 28.0 Å². The number of amides is 1. The van der Waals surface area contributed by atoms with Gasteiger partial charge in [0.2, 0.25) is 11.7 Å². The van der Waals surface area contributed by atoms with Crippen molar-refractivity contribution in [3.8, 4) is 0 Å². The van der Waals surface area contributed by atoms with Crippen molar-refractivity contribution in [1.29, 1.82) is 0 Å². The molecule has 11 heteroatoms. The molecule has 1 fully saturated rings. The van der Waals surface area contributed by atoms with Gasteiger partial charge < -0.3 is 0 Å². The summed E-state index contributed by atoms with van der Waals surface area (Å²) in [5.74, 6) is -0.0708. The second-order valence-corrected chi connectivity index (χ2v) is 13.2. The van der Waals surface area contributed by atoms with E-state index in [1.54, 1.807) is 44.2 Å². The Labute approximate surface area is 187 Å². The Morgan fingerprint density at radius 1 is 1.20 bits per heavy atom. The van der Waals surface area contributed by atoms with E-state index in [2.05, 4.69) is 10.2 Å². The number of Topliss-reactive ketones (excluding diaryl/α,β-unsaturated/α-hetero) is 1. The number of sulfone groups is 1. The highest BCUT2D eigenvalue weighted by Crippen LogP contribution is 2.49. The molecule has 0 bridgehead atoms. The van der Waals surface area contributed by atoms with Crippen LogP contribution in [0.5, 0.6) is 0 Å². The van der Waals surface area contributed by atoms with Crippen molar-refractivity contribution in [3.63, 3.8) is 0 Å². The second kappa shape index (κ2) is 8.10. The lowest BCUT2D eigenvalue weighted by Crippen LogP contribution is -2.69. The summed E-state index contributed by atoms with van der Waals surface area (Å²) in [5, 5.41) is 6.98. The summed E-state index contributed by atoms with van der Waals surface area (Å²) >= 11 is 3.68. The van der Waals surface area contributed by atoms with Crippen molar-refractivity contribution in [2.75, 3.05) is 5.75 Å². The van der Waals surface area contributed by atoms with Crippen LogP contribution in [0.4, 0.5) is 0 Å². The van der Waals surface area contributed by atoms with Gasteiger partial charge in [-0.15, -0.1) is 22.0 Å². The van der Waals surface area contributed by atoms with Crippen molar-refractivity contribution in [1.82, 2.24) is 15.1 Å². The molecule has 1 aromatic carbocycles. The molecule has 1 aromatic heterocycles. The molecular formula is C19H19N3O4S4. The number of fused-ring (bicyclic) bond motifs is 1. The van der Waals surface area contributed by atoms with Crippen molar-refractivity contribution >= 4 is 56.4 Å². The van der Waals surface area contributed by atoms with Gasteiger partial charge in [0.15, 0.2) is 19.6 Å². The Morgan fingerprint density at radius 3 is 2.50 bits per heavy atom. The molecule has 2 aromatic rings. The number of carbonyl (C=O) groups excluding carboxylic acids is 2. The van der Waals surface area contributed by atoms with E-state index >= 15 is 0 Å². The van der Waals surface area contributed by atoms with E-state index in [4.69, 9.17) is 0 Å². The Balaban J connectivity index is 1.84. The molecule has 1 saturated heterocycles. The minimum Gasteiger partial charge on any atom is -0.288 e. The number of carbonyl (C=O) groups is 2. The van der Waals surface area contributed by atoms with Gasteiger partial charge in [0, 0.05) is 5.56 Å². The minimum absolute atomic E-state index is 0.165. The summed E-state index contributed by atoms with van der Waals surface area (Å²) < 4.78 is 26.5. The van der Waals surface area contributed by atoms with Crippen LogP contribution >= 0.6 is 34.9 Å². The lowest BCUT2D eigenvalue weighted by molar-refractivity contribution is -0.137. The molecule has 3 unspecified atom stereocenters. The molecule has 0 aliphatic carbocycles. The molecule has 2 aliphatic heterocycles. The third-order valence-electron chi connectivity index (χ3n) is 4.91. The summed E-state index contributed by atoms with van der Waals surface area (Å²) in [6.45, 7) is 5.29. The van der Waals surface area contributed by atoms with Gasteiger partial charge >= 0.3 is 0 Å². The molecule has 3 heterocycles. The molecule has 4 rings (SSSR count). The van der Waals surface area contributed by atoms with Crippen LogP contribution in [0.25, 0.3) is 0 Å². The fraction of sp³-hybridized carbons (Fsp3) is 0.368. The smallest absolute Gasteiger partial charge is 0.244 e. The van der Waals surface area contributed by atoms with Gasteiger partial charge in [-0.05, 0) is 25.2 Å². The molecule has 0 spiro atoms. The first-order chi connectivity index (χ1) is 14.3. The maximum absolute atomic E-state index is 13.5. The van der Waals surface area contributed by atoms with Crippen LogP contribution in [0.2, 0.25) is 0 Å². The number of benzene rings is 1. The van der Waals surface area contributed by atoms with Gasteiger partial charge in [-0.1, -0.05) is 60.4 Å². The zero-order chi connectivity index (χ0) is 21.6. The maximum Gasteiger partial charge on any atom is 0.244 e. The van der Waals surface area contributed by atoms with Crippen molar-refractivity contribution < 1.29 is 18.0 Å². The van der Waals surface area contributed by atoms with Crippen LogP contribution < -0.4 is 0 Å². The number of aromatic nitrogens is 2. The molecule has 0 radical (unpaired) electrons. The summed E-state index contributed by atoms with van der Waals surface area (Å²) in [5.41, 5.74) is 0.934. The Kier molecular flexibility index (Phi) is 5.82. The molecule has 0 N–H and O–H groups in total. The van der Waals surface area contributed by atoms with Gasteiger partial charge in [-0.3, -0.25) is 14.5 Å². The number of hydrogen-bond acceptors (Lipinski definition) is 9. The van der Waals surface area contributed by atoms with Crippen LogP contribution in [0.3, 0.4) is 0 Å². The summed E-state index contributed by atoms with van der Waals surface area (Å²) in [7, 11) is -3.78. The van der Waals surface area contributed by atoms with E-state index in [-0.39, 0.29) is 17.4 Å². The fourth-order valence-corrected chi connectivity index (χ4v) is 10.2. The van der Waals surface area contributed by atoms with Crippen LogP contribution in [0.1, 0.15) is 29.2 Å². The quantitative estimate of drug-likeness (QED) is 0.459. The monoisotopic (exact) mass is 481 g/mol. The predicted octanol–water partition coefficient (Wildman–Crippen LogP) is 3.14. The molecule has 30 heavy (non-hydrogen) atoms. The van der Waals surface area contributed by atoms with Gasteiger partial charge in [-0.25, -0.2) is 8.42 Å². The van der Waals surface area contributed by atoms with Gasteiger partial charge in [-0.2, -0.15) is 0 Å². The molecule has 158 valence electrons. The molecule has 3 atom stereocenters. The van der Waals surface area contributed by atoms with Crippen LogP contribution in [-0.2, 0) is 14.6 Å². The largest absolute Gasteiger partial charge is 0.288 e. The first-order valence-corrected chi connectivity index (χ1v) is 13.6. The number of ketones is 1. The highest BCUT2D eigenvalue weighted by molar-refractivity contribution is 8.15. The third kappa shape index (κ3) is 3.41. The predicted molar refractivity (Wildman–Crippen MR) is 119 cm³/mol. The van der Waals surface area contributed by atoms with E-state index in [9.17, 15) is 18.0 Å². The number of hydrogen-bond donors (Lipinski definition) is 0. The first kappa shape index (κ1) is 21.5. The normalized spacial score (nSPS) is 25.1. The SMILES string of the molecule is CCSC1C(=O)N2C(C(=O)c3ccccc3)=C(C)C(Sc3nnc(C)s3)S(=O)(=O)C12. The van der Waals surface area contributed by atoms with Crippen molar-refractivity contribution in [2.24, 2.45) is 0 Å². The Hall–Kier alpha value is -1.69. The highest BCUT2D eigenvalue weighted by Gasteiger charge is 2.62. The van der Waals surface area contributed by atoms with E-state index < -0.39 is 25.0 Å². The first-order valence-electron chi connectivity index (χ1n) is 9.22. The number of thioether (sulfide) groups is 2. The standard InChI is InChI=1S/C19H19N3O4S4/c1-4-27-15-16(24)22-13(14(23)12-8-6-5-7-9-12)10(2)18(30(25,26)17(15)22)29-19-21-20-11(3)28-19/h5-9,15,17-18H,4H2,1-3H3. The van der Waals surface area contributed by atoms with Crippen LogP contribution in [-0.4, -0.2) is 56.2 Å². The Morgan fingerprint density at radius 2 is 1.90 bits per heavy atom. The van der Waals surface area contributed by atoms with Gasteiger partial charge in [0.25, 0.3) is 0 Å². The summed E-state index contributed by atoms with van der Waals surface area (Å²) in [6.07, 6.45) is 0. The van der Waals surface area contributed by atoms with Crippen molar-refractivity contribution in [2.45, 2.75) is 40.3 Å². The molecule has 7 nitrogen and oxygen atoms in total. The lowest BCUT2D eigenvalue weighted by atomic mass is 10.00. The van der Waals surface area contributed by atoms with Crippen LogP contribution in [0, 0.1) is 6.92 Å². The van der Waals surface area contributed by atoms with E-state index in [0.717, 1.165) is 16.8 Å². The topological polar surface area (TPSA) is 97.3 Å². The minimum atomic E-state index is -3.78. The maximum atomic E-state index is 13.5. The summed E-state index contributed by atoms with van der Waals surface area (Å²) in [6, 6.07) is 8.61. The Bertz CT molecular complexity index is 1140. The number of rotatable bonds is 6. The third-order valence-corrected chi connectivity index (χ3v) is 11.5. The van der Waals surface area contributed by atoms with E-state index in [0.29, 0.717) is 21.2 Å². The zero-order valence-electron chi connectivity index (χ0n) is 16.4. The van der Waals surface area contributed by atoms with Crippen molar-refractivity contribution in [3.05, 3.63) is 52.2 Å².